The fourth-order valence-electron chi connectivity index (χ4n) is 5.55. The average molecular weight is 624 g/mol. The van der Waals surface area contributed by atoms with Crippen molar-refractivity contribution in [2.75, 3.05) is 6.54 Å². The van der Waals surface area contributed by atoms with Crippen LogP contribution >= 0.6 is 31.8 Å². The van der Waals surface area contributed by atoms with Gasteiger partial charge in [0.05, 0.1) is 9.20 Å². The predicted molar refractivity (Wildman–Crippen MR) is 151 cm³/mol. The number of rotatable bonds is 8. The standard InChI is InChI=1S/C25H31BIN2O4PS/c26-24(27)35(32,33)28-22-19(29(14-25(22)11-12-25)23(31)20(30)16-9-10-16)13-17-7-4-8-18(21(17)34)15-5-2-1-3-6-15/h2,4-8,16,19-20,22,24,28,30H,1,3,9-14,34H2. The topological polar surface area (TPSA) is 86.7 Å². The predicted octanol–water partition coefficient (Wildman–Crippen LogP) is 2.40. The molecular formula is C25H31BIN2O4PS. The van der Waals surface area contributed by atoms with E-state index in [2.05, 4.69) is 38.3 Å². The molecule has 6 nitrogen and oxygen atoms in total. The third-order valence-corrected chi connectivity index (χ3v) is 11.8. The van der Waals surface area contributed by atoms with Crippen LogP contribution in [0.25, 0.3) is 5.57 Å². The normalized spacial score (nSPS) is 27.1. The highest BCUT2D eigenvalue weighted by Gasteiger charge is 2.62. The number of nitrogens with zero attached hydrogens (tertiary/aromatic N) is 1. The van der Waals surface area contributed by atoms with E-state index < -0.39 is 31.4 Å². The largest absolute Gasteiger partial charge is 0.383 e. The van der Waals surface area contributed by atoms with Gasteiger partial charge in [-0.1, -0.05) is 59.0 Å². The molecule has 5 rings (SSSR count). The van der Waals surface area contributed by atoms with Crippen LogP contribution in [-0.4, -0.2) is 60.1 Å². The van der Waals surface area contributed by atoms with Crippen LogP contribution < -0.4 is 10.0 Å². The number of aliphatic hydroxyl groups excluding tert-OH is 1. The lowest BCUT2D eigenvalue weighted by Gasteiger charge is -2.31. The van der Waals surface area contributed by atoms with Gasteiger partial charge in [-0.3, -0.25) is 4.79 Å². The maximum absolute atomic E-state index is 13.4. The molecule has 3 fully saturated rings. The summed E-state index contributed by atoms with van der Waals surface area (Å²) in [6, 6.07) is 5.33. The summed E-state index contributed by atoms with van der Waals surface area (Å²) in [4.78, 5) is 15.2. The van der Waals surface area contributed by atoms with Crippen molar-refractivity contribution in [3.05, 3.63) is 47.6 Å². The molecule has 2 N–H and O–H groups in total. The summed E-state index contributed by atoms with van der Waals surface area (Å²) in [6.07, 6.45) is 11.5. The minimum Gasteiger partial charge on any atom is -0.383 e. The van der Waals surface area contributed by atoms with Crippen LogP contribution in [-0.2, 0) is 21.2 Å². The number of carbonyl (C=O) groups is 1. The summed E-state index contributed by atoms with van der Waals surface area (Å²) >= 11 is 1.71. The number of sulfonamides is 1. The van der Waals surface area contributed by atoms with Gasteiger partial charge in [0.2, 0.25) is 10.0 Å². The highest BCUT2D eigenvalue weighted by molar-refractivity contribution is 14.1. The molecule has 1 spiro atoms. The summed E-state index contributed by atoms with van der Waals surface area (Å²) in [5.41, 5.74) is 3.07. The second kappa shape index (κ2) is 9.86. The molecule has 1 aromatic carbocycles. The van der Waals surface area contributed by atoms with Crippen LogP contribution in [0.15, 0.2) is 36.4 Å². The first-order chi connectivity index (χ1) is 16.6. The monoisotopic (exact) mass is 624 g/mol. The highest BCUT2D eigenvalue weighted by Crippen LogP contribution is 2.56. The van der Waals surface area contributed by atoms with Gasteiger partial charge in [-0.2, -0.15) is 0 Å². The first-order valence-electron chi connectivity index (χ1n) is 12.3. The second-order valence-electron chi connectivity index (χ2n) is 10.4. The molecule has 35 heavy (non-hydrogen) atoms. The molecule has 5 atom stereocenters. The molecule has 1 aliphatic heterocycles. The van der Waals surface area contributed by atoms with E-state index in [9.17, 15) is 18.3 Å². The van der Waals surface area contributed by atoms with E-state index in [1.807, 2.05) is 12.1 Å². The van der Waals surface area contributed by atoms with Crippen molar-refractivity contribution in [1.29, 1.82) is 0 Å². The van der Waals surface area contributed by atoms with E-state index in [4.69, 9.17) is 7.85 Å². The molecular weight excluding hydrogens is 593 g/mol. The molecule has 5 unspecified atom stereocenters. The summed E-state index contributed by atoms with van der Waals surface area (Å²) in [5, 5.41) is 11.8. The molecule has 1 saturated heterocycles. The third kappa shape index (κ3) is 5.18. The van der Waals surface area contributed by atoms with Crippen LogP contribution in [0.2, 0.25) is 0 Å². The van der Waals surface area contributed by atoms with E-state index in [1.165, 1.54) is 5.57 Å². The molecule has 0 aromatic heterocycles. The number of nitrogens with one attached hydrogen (secondary N) is 1. The summed E-state index contributed by atoms with van der Waals surface area (Å²) in [6.45, 7) is 0.462. The summed E-state index contributed by atoms with van der Waals surface area (Å²) < 4.78 is 27.5. The number of benzene rings is 1. The Hall–Kier alpha value is -0.735. The lowest BCUT2D eigenvalue weighted by atomic mass is 9.91. The molecule has 4 aliphatic rings. The molecule has 10 heteroatoms. The number of allylic oxidation sites excluding steroid dienone is 4. The van der Waals surface area contributed by atoms with Crippen molar-refractivity contribution in [3.8, 4) is 0 Å². The Bertz CT molecular complexity index is 1180. The van der Waals surface area contributed by atoms with E-state index >= 15 is 0 Å². The van der Waals surface area contributed by atoms with Crippen LogP contribution in [0.3, 0.4) is 0 Å². The minimum absolute atomic E-state index is 0.0162. The van der Waals surface area contributed by atoms with Gasteiger partial charge in [0, 0.05) is 18.0 Å². The maximum Gasteiger partial charge on any atom is 0.252 e. The Morgan fingerprint density at radius 3 is 2.66 bits per heavy atom. The Balaban J connectivity index is 1.50. The summed E-state index contributed by atoms with van der Waals surface area (Å²) in [7, 11) is 4.87. The molecule has 1 amide bonds. The van der Waals surface area contributed by atoms with Gasteiger partial charge in [0.1, 0.15) is 14.0 Å². The Labute approximate surface area is 225 Å². The SMILES string of the molecule is [B]C(I)S(=O)(=O)NC1C(Cc2cccc(C3=CCCC=C3)c2P)N(C(=O)C(O)C2CC2)CC12CC2. The fourth-order valence-corrected chi connectivity index (χ4v) is 7.36. The quantitative estimate of drug-likeness (QED) is 0.202. The number of carbonyl (C=O) groups excluding carboxylic acids is 1. The lowest BCUT2D eigenvalue weighted by Crippen LogP contribution is -2.52. The Kier molecular flexibility index (Phi) is 7.29. The van der Waals surface area contributed by atoms with E-state index in [0.29, 0.717) is 13.0 Å². The average Bonchev–Trinajstić information content (AvgIpc) is 3.76. The number of hydrogen-bond donors (Lipinski definition) is 2. The summed E-state index contributed by atoms with van der Waals surface area (Å²) in [5.74, 6) is -0.258. The van der Waals surface area contributed by atoms with Gasteiger partial charge in [-0.05, 0) is 72.9 Å². The number of aliphatic hydroxyl groups is 1. The van der Waals surface area contributed by atoms with Gasteiger partial charge in [-0.25, -0.2) is 13.1 Å². The first kappa shape index (κ1) is 25.9. The van der Waals surface area contributed by atoms with Crippen molar-refractivity contribution in [2.24, 2.45) is 11.3 Å². The smallest absolute Gasteiger partial charge is 0.252 e. The zero-order chi connectivity index (χ0) is 25.0. The Morgan fingerprint density at radius 2 is 2.06 bits per heavy atom. The number of hydrogen-bond acceptors (Lipinski definition) is 4. The van der Waals surface area contributed by atoms with Crippen molar-refractivity contribution in [1.82, 2.24) is 9.62 Å². The number of likely N-dealkylation sites (tertiary alicyclic amines) is 1. The fraction of sp³-hybridized carbons (Fsp3) is 0.560. The second-order valence-corrected chi connectivity index (χ2v) is 15.0. The zero-order valence-corrected chi connectivity index (χ0v) is 23.7. The van der Waals surface area contributed by atoms with E-state index in [-0.39, 0.29) is 17.2 Å². The molecule has 2 saturated carbocycles. The number of alkyl halides is 1. The minimum atomic E-state index is -3.76. The third-order valence-electron chi connectivity index (χ3n) is 7.95. The van der Waals surface area contributed by atoms with Crippen LogP contribution in [0.4, 0.5) is 0 Å². The zero-order valence-electron chi connectivity index (χ0n) is 19.6. The number of halogens is 1. The van der Waals surface area contributed by atoms with Gasteiger partial charge in [-0.15, -0.1) is 9.24 Å². The maximum atomic E-state index is 13.4. The van der Waals surface area contributed by atoms with Crippen molar-refractivity contribution in [3.63, 3.8) is 0 Å². The number of amides is 1. The van der Waals surface area contributed by atoms with E-state index in [1.54, 1.807) is 27.5 Å². The molecule has 1 heterocycles. The first-order valence-corrected chi connectivity index (χ1v) is 15.6. The van der Waals surface area contributed by atoms with Gasteiger partial charge in [0.25, 0.3) is 5.91 Å². The van der Waals surface area contributed by atoms with Crippen LogP contribution in [0.1, 0.15) is 49.7 Å². The van der Waals surface area contributed by atoms with Crippen molar-refractivity contribution >= 4 is 66.5 Å². The molecule has 3 aliphatic carbocycles. The molecule has 0 bridgehead atoms. The Morgan fingerprint density at radius 1 is 1.31 bits per heavy atom. The van der Waals surface area contributed by atoms with Gasteiger partial charge in [0.15, 0.2) is 0 Å². The lowest BCUT2D eigenvalue weighted by molar-refractivity contribution is -0.142. The van der Waals surface area contributed by atoms with Crippen molar-refractivity contribution < 1.29 is 18.3 Å². The van der Waals surface area contributed by atoms with Crippen LogP contribution in [0.5, 0.6) is 0 Å². The highest BCUT2D eigenvalue weighted by atomic mass is 127. The molecule has 186 valence electrons. The van der Waals surface area contributed by atoms with Crippen molar-refractivity contribution in [2.45, 2.75) is 66.3 Å². The van der Waals surface area contributed by atoms with Crippen LogP contribution in [0, 0.1) is 11.3 Å². The van der Waals surface area contributed by atoms with Gasteiger partial charge >= 0.3 is 0 Å². The van der Waals surface area contributed by atoms with Gasteiger partial charge < -0.3 is 10.0 Å². The molecule has 1 aromatic rings. The molecule has 2 radical (unpaired) electrons. The van der Waals surface area contributed by atoms with E-state index in [0.717, 1.165) is 55.0 Å².